The first-order valence-corrected chi connectivity index (χ1v) is 4.92. The zero-order valence-corrected chi connectivity index (χ0v) is 9.51. The van der Waals surface area contributed by atoms with Crippen molar-refractivity contribution < 1.29 is 24.2 Å². The van der Waals surface area contributed by atoms with Crippen LogP contribution in [0.25, 0.3) is 0 Å². The molecule has 0 heterocycles. The average molecular weight is 248 g/mol. The minimum Gasteiger partial charge on any atom is -0.545 e. The number of benzene rings is 1. The molecule has 1 amide bonds. The largest absolute Gasteiger partial charge is 0.545 e. The van der Waals surface area contributed by atoms with Crippen LogP contribution in [0, 0.1) is 0 Å². The summed E-state index contributed by atoms with van der Waals surface area (Å²) in [5.41, 5.74) is 0.410. The van der Waals surface area contributed by atoms with E-state index in [1.165, 1.54) is 19.2 Å². The fourth-order valence-electron chi connectivity index (χ4n) is 1.20. The predicted molar refractivity (Wildman–Crippen MR) is 60.6 cm³/mol. The van der Waals surface area contributed by atoms with E-state index in [0.717, 1.165) is 6.08 Å². The average Bonchev–Trinajstić information content (AvgIpc) is 2.36. The molecule has 6 heteroatoms. The number of esters is 1. The molecule has 0 bridgehead atoms. The normalized spacial score (nSPS) is 10.1. The van der Waals surface area contributed by atoms with Crippen LogP contribution in [0.3, 0.4) is 0 Å². The highest BCUT2D eigenvalue weighted by molar-refractivity contribution is 6.06. The van der Waals surface area contributed by atoms with Gasteiger partial charge in [0.2, 0.25) is 5.91 Å². The third-order valence-electron chi connectivity index (χ3n) is 1.96. The predicted octanol–water partition coefficient (Wildman–Crippen LogP) is -0.282. The van der Waals surface area contributed by atoms with Crippen molar-refractivity contribution >= 4 is 23.5 Å². The number of methoxy groups -OCH3 is 1. The van der Waals surface area contributed by atoms with Crippen LogP contribution in [0.15, 0.2) is 36.4 Å². The van der Waals surface area contributed by atoms with Gasteiger partial charge in [-0.3, -0.25) is 4.79 Å². The molecular formula is C12H10NO5-. The second kappa shape index (κ2) is 6.19. The van der Waals surface area contributed by atoms with Crippen molar-refractivity contribution in [1.29, 1.82) is 0 Å². The Bertz CT molecular complexity index is 507. The number of rotatable bonds is 4. The fourth-order valence-corrected chi connectivity index (χ4v) is 1.20. The van der Waals surface area contributed by atoms with Gasteiger partial charge in [-0.2, -0.15) is 0 Å². The van der Waals surface area contributed by atoms with Crippen molar-refractivity contribution in [3.05, 3.63) is 42.0 Å². The van der Waals surface area contributed by atoms with Crippen molar-refractivity contribution in [2.24, 2.45) is 0 Å². The second-order valence-electron chi connectivity index (χ2n) is 3.18. The van der Waals surface area contributed by atoms with Crippen LogP contribution in [0.5, 0.6) is 0 Å². The van der Waals surface area contributed by atoms with Crippen LogP contribution >= 0.6 is 0 Å². The Kier molecular flexibility index (Phi) is 4.62. The van der Waals surface area contributed by atoms with E-state index < -0.39 is 17.8 Å². The highest BCUT2D eigenvalue weighted by Gasteiger charge is 2.11. The lowest BCUT2D eigenvalue weighted by Gasteiger charge is -2.07. The summed E-state index contributed by atoms with van der Waals surface area (Å²) in [6.07, 6.45) is 1.39. The summed E-state index contributed by atoms with van der Waals surface area (Å²) in [4.78, 5) is 32.9. The van der Waals surface area contributed by atoms with Gasteiger partial charge in [0, 0.05) is 6.08 Å². The van der Waals surface area contributed by atoms with Gasteiger partial charge in [-0.25, -0.2) is 4.79 Å². The summed E-state index contributed by atoms with van der Waals surface area (Å²) in [5.74, 6) is -2.77. The second-order valence-corrected chi connectivity index (χ2v) is 3.18. The maximum atomic E-state index is 11.4. The van der Waals surface area contributed by atoms with Crippen molar-refractivity contribution in [3.63, 3.8) is 0 Å². The molecule has 18 heavy (non-hydrogen) atoms. The molecule has 1 rings (SSSR count). The number of nitrogens with one attached hydrogen (secondary N) is 1. The lowest BCUT2D eigenvalue weighted by atomic mass is 10.2. The number of aliphatic carboxylic acids is 1. The molecule has 0 aliphatic carbocycles. The minimum atomic E-state index is -1.48. The molecule has 0 saturated heterocycles. The number of anilines is 1. The molecule has 94 valence electrons. The summed E-state index contributed by atoms with van der Waals surface area (Å²) in [6, 6.07) is 6.20. The molecule has 6 nitrogen and oxygen atoms in total. The highest BCUT2D eigenvalue weighted by Crippen LogP contribution is 2.15. The molecule has 0 aliphatic heterocycles. The Labute approximate surface area is 103 Å². The minimum absolute atomic E-state index is 0.176. The molecule has 1 aromatic carbocycles. The smallest absolute Gasteiger partial charge is 0.339 e. The van der Waals surface area contributed by atoms with E-state index >= 15 is 0 Å². The Morgan fingerprint density at radius 3 is 2.50 bits per heavy atom. The standard InChI is InChI=1S/C12H11NO5/c1-18-12(17)8-4-2-3-5-9(8)13-10(14)6-7-11(15)16/h2-7H,1H3,(H,13,14)(H,15,16)/p-1. The lowest BCUT2D eigenvalue weighted by Crippen LogP contribution is -2.20. The third-order valence-corrected chi connectivity index (χ3v) is 1.96. The van der Waals surface area contributed by atoms with Crippen LogP contribution in [-0.2, 0) is 14.3 Å². The van der Waals surface area contributed by atoms with Crippen molar-refractivity contribution in [1.82, 2.24) is 0 Å². The van der Waals surface area contributed by atoms with E-state index in [0.29, 0.717) is 6.08 Å². The summed E-state index contributed by atoms with van der Waals surface area (Å²) < 4.78 is 4.54. The van der Waals surface area contributed by atoms with Crippen LogP contribution in [0.2, 0.25) is 0 Å². The molecule has 0 aliphatic rings. The maximum Gasteiger partial charge on any atom is 0.339 e. The zero-order valence-electron chi connectivity index (χ0n) is 9.51. The summed E-state index contributed by atoms with van der Waals surface area (Å²) in [7, 11) is 1.22. The van der Waals surface area contributed by atoms with Crippen molar-refractivity contribution in [2.45, 2.75) is 0 Å². The summed E-state index contributed by atoms with van der Waals surface area (Å²) in [5, 5.41) is 12.5. The lowest BCUT2D eigenvalue weighted by molar-refractivity contribution is -0.297. The Morgan fingerprint density at radius 1 is 1.22 bits per heavy atom. The fraction of sp³-hybridized carbons (Fsp3) is 0.0833. The molecule has 0 fully saturated rings. The van der Waals surface area contributed by atoms with Gasteiger partial charge >= 0.3 is 5.97 Å². The molecule has 0 spiro atoms. The third kappa shape index (κ3) is 3.75. The number of carboxylic acids is 1. The first kappa shape index (κ1) is 13.4. The monoisotopic (exact) mass is 248 g/mol. The Balaban J connectivity index is 2.88. The molecule has 0 saturated carbocycles. The first-order valence-electron chi connectivity index (χ1n) is 4.92. The molecule has 1 aromatic rings. The number of carboxylic acid groups (broad SMARTS) is 1. The van der Waals surface area contributed by atoms with E-state index in [2.05, 4.69) is 10.1 Å². The Morgan fingerprint density at radius 2 is 1.89 bits per heavy atom. The Hall–Kier alpha value is -2.63. The van der Waals surface area contributed by atoms with E-state index in [9.17, 15) is 19.5 Å². The molecule has 0 aromatic heterocycles. The number of para-hydroxylation sites is 1. The molecule has 0 unspecified atom stereocenters. The SMILES string of the molecule is COC(=O)c1ccccc1NC(=O)C=CC(=O)[O-]. The van der Waals surface area contributed by atoms with Gasteiger partial charge in [-0.05, 0) is 18.2 Å². The van der Waals surface area contributed by atoms with Crippen LogP contribution in [-0.4, -0.2) is 25.0 Å². The van der Waals surface area contributed by atoms with Crippen LogP contribution in [0.4, 0.5) is 5.69 Å². The van der Waals surface area contributed by atoms with Gasteiger partial charge in [0.15, 0.2) is 0 Å². The van der Waals surface area contributed by atoms with Gasteiger partial charge in [0.1, 0.15) is 0 Å². The molecule has 1 N–H and O–H groups in total. The van der Waals surface area contributed by atoms with Gasteiger partial charge in [-0.1, -0.05) is 12.1 Å². The van der Waals surface area contributed by atoms with E-state index in [1.807, 2.05) is 0 Å². The van der Waals surface area contributed by atoms with E-state index in [1.54, 1.807) is 12.1 Å². The number of carbonyl (C=O) groups is 3. The summed E-state index contributed by atoms with van der Waals surface area (Å²) >= 11 is 0. The highest BCUT2D eigenvalue weighted by atomic mass is 16.5. The van der Waals surface area contributed by atoms with Gasteiger partial charge in [0.25, 0.3) is 0 Å². The quantitative estimate of drug-likeness (QED) is 0.584. The zero-order chi connectivity index (χ0) is 13.5. The molecular weight excluding hydrogens is 238 g/mol. The van der Waals surface area contributed by atoms with Crippen LogP contribution < -0.4 is 10.4 Å². The number of ether oxygens (including phenoxy) is 1. The molecule has 0 atom stereocenters. The van der Waals surface area contributed by atoms with E-state index in [4.69, 9.17) is 0 Å². The van der Waals surface area contributed by atoms with E-state index in [-0.39, 0.29) is 11.3 Å². The maximum absolute atomic E-state index is 11.4. The van der Waals surface area contributed by atoms with Crippen molar-refractivity contribution in [3.8, 4) is 0 Å². The molecule has 0 radical (unpaired) electrons. The number of hydrogen-bond acceptors (Lipinski definition) is 5. The van der Waals surface area contributed by atoms with Gasteiger partial charge in [0.05, 0.1) is 24.3 Å². The first-order chi connectivity index (χ1) is 8.54. The van der Waals surface area contributed by atoms with Crippen molar-refractivity contribution in [2.75, 3.05) is 12.4 Å². The number of hydrogen-bond donors (Lipinski definition) is 1. The summed E-state index contributed by atoms with van der Waals surface area (Å²) in [6.45, 7) is 0. The van der Waals surface area contributed by atoms with Gasteiger partial charge in [-0.15, -0.1) is 0 Å². The number of amides is 1. The van der Waals surface area contributed by atoms with Gasteiger partial charge < -0.3 is 20.0 Å². The number of carbonyl (C=O) groups excluding carboxylic acids is 3. The topological polar surface area (TPSA) is 95.5 Å². The van der Waals surface area contributed by atoms with Crippen LogP contribution in [0.1, 0.15) is 10.4 Å².